The molecule has 1 atom stereocenters. The van der Waals surface area contributed by atoms with Crippen LogP contribution in [0.4, 0.5) is 0 Å². The fourth-order valence-corrected chi connectivity index (χ4v) is 2.84. The monoisotopic (exact) mass is 338 g/mol. The first-order valence-electron chi connectivity index (χ1n) is 6.31. The average Bonchev–Trinajstić information content (AvgIpc) is 2.42. The van der Waals surface area contributed by atoms with Crippen molar-refractivity contribution in [2.45, 2.75) is 18.2 Å². The molecule has 1 nitrogen and oxygen atoms in total. The molecule has 0 fully saturated rings. The van der Waals surface area contributed by atoms with Gasteiger partial charge in [-0.05, 0) is 37.1 Å². The standard InChI is InChI=1S/C16H16BrClO/c1-2-19-16-6-4-3-5-14(16)15(17)11-12-7-9-13(18)10-8-12/h3-10,15H,2,11H2,1H3. The predicted molar refractivity (Wildman–Crippen MR) is 84.4 cm³/mol. The SMILES string of the molecule is CCOc1ccccc1C(Br)Cc1ccc(Cl)cc1. The van der Waals surface area contributed by atoms with Crippen LogP contribution in [0.3, 0.4) is 0 Å². The van der Waals surface area contributed by atoms with Crippen LogP contribution >= 0.6 is 27.5 Å². The molecule has 0 bridgehead atoms. The Labute approximate surface area is 127 Å². The van der Waals surface area contributed by atoms with Crippen molar-refractivity contribution < 1.29 is 4.74 Å². The molecule has 0 N–H and O–H groups in total. The third-order valence-electron chi connectivity index (χ3n) is 2.88. The van der Waals surface area contributed by atoms with Crippen LogP contribution in [-0.4, -0.2) is 6.61 Å². The summed E-state index contributed by atoms with van der Waals surface area (Å²) < 4.78 is 5.66. The van der Waals surface area contributed by atoms with Gasteiger partial charge >= 0.3 is 0 Å². The van der Waals surface area contributed by atoms with Crippen molar-refractivity contribution in [2.24, 2.45) is 0 Å². The minimum Gasteiger partial charge on any atom is -0.494 e. The highest BCUT2D eigenvalue weighted by Crippen LogP contribution is 2.33. The molecule has 2 rings (SSSR count). The summed E-state index contributed by atoms with van der Waals surface area (Å²) in [6, 6.07) is 16.1. The molecule has 100 valence electrons. The van der Waals surface area contributed by atoms with Crippen LogP contribution in [0.5, 0.6) is 5.75 Å². The summed E-state index contributed by atoms with van der Waals surface area (Å²) in [5, 5.41) is 0.768. The second kappa shape index (κ2) is 6.97. The largest absolute Gasteiger partial charge is 0.494 e. The molecule has 2 aromatic carbocycles. The van der Waals surface area contributed by atoms with Crippen molar-refractivity contribution in [3.63, 3.8) is 0 Å². The number of benzene rings is 2. The van der Waals surface area contributed by atoms with Gasteiger partial charge < -0.3 is 4.74 Å². The van der Waals surface area contributed by atoms with Crippen LogP contribution in [-0.2, 0) is 6.42 Å². The summed E-state index contributed by atoms with van der Waals surface area (Å²) in [7, 11) is 0. The Hall–Kier alpha value is -0.990. The van der Waals surface area contributed by atoms with E-state index in [0.29, 0.717) is 6.61 Å². The van der Waals surface area contributed by atoms with Gasteiger partial charge in [0.25, 0.3) is 0 Å². The summed E-state index contributed by atoms with van der Waals surface area (Å²) in [6.45, 7) is 2.68. The van der Waals surface area contributed by atoms with Gasteiger partial charge in [-0.15, -0.1) is 0 Å². The molecule has 0 amide bonds. The number of para-hydroxylation sites is 1. The van der Waals surface area contributed by atoms with E-state index in [1.807, 2.05) is 37.3 Å². The number of halogens is 2. The predicted octanol–water partition coefficient (Wildman–Crippen LogP) is 5.42. The van der Waals surface area contributed by atoms with E-state index in [2.05, 4.69) is 34.1 Å². The second-order valence-electron chi connectivity index (χ2n) is 4.27. The van der Waals surface area contributed by atoms with Gasteiger partial charge in [0.15, 0.2) is 0 Å². The first-order valence-corrected chi connectivity index (χ1v) is 7.60. The Kier molecular flexibility index (Phi) is 5.29. The summed E-state index contributed by atoms with van der Waals surface area (Å²) in [5.41, 5.74) is 2.43. The van der Waals surface area contributed by atoms with Crippen LogP contribution in [0.2, 0.25) is 5.02 Å². The van der Waals surface area contributed by atoms with Gasteiger partial charge in [0.1, 0.15) is 5.75 Å². The van der Waals surface area contributed by atoms with Crippen molar-refractivity contribution in [1.82, 2.24) is 0 Å². The van der Waals surface area contributed by atoms with E-state index in [-0.39, 0.29) is 4.83 Å². The Bertz CT molecular complexity index is 525. The zero-order valence-corrected chi connectivity index (χ0v) is 13.1. The first-order chi connectivity index (χ1) is 9.20. The molecule has 0 aliphatic rings. The zero-order chi connectivity index (χ0) is 13.7. The zero-order valence-electron chi connectivity index (χ0n) is 10.8. The van der Waals surface area contributed by atoms with Crippen molar-refractivity contribution in [2.75, 3.05) is 6.61 Å². The van der Waals surface area contributed by atoms with Crippen molar-refractivity contribution in [3.8, 4) is 5.75 Å². The average molecular weight is 340 g/mol. The van der Waals surface area contributed by atoms with E-state index < -0.39 is 0 Å². The highest BCUT2D eigenvalue weighted by atomic mass is 79.9. The lowest BCUT2D eigenvalue weighted by Gasteiger charge is -2.15. The van der Waals surface area contributed by atoms with E-state index in [1.54, 1.807) is 0 Å². The smallest absolute Gasteiger partial charge is 0.123 e. The van der Waals surface area contributed by atoms with Gasteiger partial charge in [0.2, 0.25) is 0 Å². The van der Waals surface area contributed by atoms with Gasteiger partial charge in [-0.25, -0.2) is 0 Å². The quantitative estimate of drug-likeness (QED) is 0.661. The molecule has 0 saturated heterocycles. The van der Waals surface area contributed by atoms with E-state index in [1.165, 1.54) is 11.1 Å². The van der Waals surface area contributed by atoms with Gasteiger partial charge in [0.05, 0.1) is 6.61 Å². The summed E-state index contributed by atoms with van der Waals surface area (Å²) in [6.07, 6.45) is 0.904. The van der Waals surface area contributed by atoms with Crippen LogP contribution in [0.25, 0.3) is 0 Å². The Balaban J connectivity index is 2.15. The van der Waals surface area contributed by atoms with Crippen LogP contribution in [0.15, 0.2) is 48.5 Å². The topological polar surface area (TPSA) is 9.23 Å². The summed E-state index contributed by atoms with van der Waals surface area (Å²) in [5.74, 6) is 0.945. The maximum atomic E-state index is 5.90. The van der Waals surface area contributed by atoms with Gasteiger partial charge in [-0.3, -0.25) is 0 Å². The fourth-order valence-electron chi connectivity index (χ4n) is 1.96. The second-order valence-corrected chi connectivity index (χ2v) is 5.81. The number of ether oxygens (including phenoxy) is 1. The minimum absolute atomic E-state index is 0.233. The Morgan fingerprint density at radius 3 is 2.47 bits per heavy atom. The van der Waals surface area contributed by atoms with Crippen LogP contribution in [0.1, 0.15) is 22.9 Å². The lowest BCUT2D eigenvalue weighted by atomic mass is 10.0. The van der Waals surface area contributed by atoms with E-state index in [4.69, 9.17) is 16.3 Å². The molecular formula is C16H16BrClO. The van der Waals surface area contributed by atoms with Gasteiger partial charge in [0, 0.05) is 15.4 Å². The minimum atomic E-state index is 0.233. The van der Waals surface area contributed by atoms with Crippen LogP contribution in [0, 0.1) is 0 Å². The van der Waals surface area contributed by atoms with Crippen molar-refractivity contribution in [3.05, 3.63) is 64.7 Å². The summed E-state index contributed by atoms with van der Waals surface area (Å²) >= 11 is 9.65. The highest BCUT2D eigenvalue weighted by Gasteiger charge is 2.13. The molecule has 1 unspecified atom stereocenters. The van der Waals surface area contributed by atoms with Crippen LogP contribution < -0.4 is 4.74 Å². The molecule has 0 saturated carbocycles. The molecule has 2 aromatic rings. The first kappa shape index (κ1) is 14.4. The van der Waals surface area contributed by atoms with E-state index in [9.17, 15) is 0 Å². The number of alkyl halides is 1. The lowest BCUT2D eigenvalue weighted by molar-refractivity contribution is 0.336. The van der Waals surface area contributed by atoms with E-state index >= 15 is 0 Å². The molecule has 0 heterocycles. The molecule has 0 spiro atoms. The lowest BCUT2D eigenvalue weighted by Crippen LogP contribution is -2.00. The molecular weight excluding hydrogens is 324 g/mol. The molecule has 19 heavy (non-hydrogen) atoms. The van der Waals surface area contributed by atoms with E-state index in [0.717, 1.165) is 17.2 Å². The summed E-state index contributed by atoms with van der Waals surface area (Å²) in [4.78, 5) is 0.233. The molecule has 0 aromatic heterocycles. The molecule has 0 aliphatic heterocycles. The van der Waals surface area contributed by atoms with Gasteiger partial charge in [-0.1, -0.05) is 57.9 Å². The molecule has 3 heteroatoms. The highest BCUT2D eigenvalue weighted by molar-refractivity contribution is 9.09. The molecule has 0 aliphatic carbocycles. The number of rotatable bonds is 5. The maximum Gasteiger partial charge on any atom is 0.123 e. The number of hydrogen-bond donors (Lipinski definition) is 0. The fraction of sp³-hybridized carbons (Fsp3) is 0.250. The maximum absolute atomic E-state index is 5.90. The Morgan fingerprint density at radius 1 is 1.11 bits per heavy atom. The molecule has 0 radical (unpaired) electrons. The van der Waals surface area contributed by atoms with Crippen molar-refractivity contribution >= 4 is 27.5 Å². The third kappa shape index (κ3) is 3.99. The Morgan fingerprint density at radius 2 is 1.79 bits per heavy atom. The normalized spacial score (nSPS) is 12.2. The number of hydrogen-bond acceptors (Lipinski definition) is 1. The van der Waals surface area contributed by atoms with Gasteiger partial charge in [-0.2, -0.15) is 0 Å². The van der Waals surface area contributed by atoms with Crippen molar-refractivity contribution in [1.29, 1.82) is 0 Å². The third-order valence-corrected chi connectivity index (χ3v) is 3.95.